The molecule has 0 aliphatic heterocycles. The van der Waals surface area contributed by atoms with Gasteiger partial charge in [0.05, 0.1) is 0 Å². The van der Waals surface area contributed by atoms with Gasteiger partial charge in [0.2, 0.25) is 0 Å². The van der Waals surface area contributed by atoms with Crippen LogP contribution >= 0.6 is 11.6 Å². The third-order valence-corrected chi connectivity index (χ3v) is 3.74. The van der Waals surface area contributed by atoms with Crippen molar-refractivity contribution in [2.24, 2.45) is 0 Å². The van der Waals surface area contributed by atoms with Crippen molar-refractivity contribution in [2.45, 2.75) is 39.7 Å². The number of rotatable bonds is 9. The summed E-state index contributed by atoms with van der Waals surface area (Å²) in [7, 11) is 0. The molecule has 1 aromatic rings. The average Bonchev–Trinajstić information content (AvgIpc) is 2.43. The molecule has 0 radical (unpaired) electrons. The summed E-state index contributed by atoms with van der Waals surface area (Å²) in [4.78, 5) is 2.49. The monoisotopic (exact) mass is 282 g/mol. The molecule has 3 heteroatoms. The van der Waals surface area contributed by atoms with Crippen LogP contribution in [0.5, 0.6) is 0 Å². The van der Waals surface area contributed by atoms with Crippen molar-refractivity contribution >= 4 is 11.6 Å². The molecule has 0 aliphatic carbocycles. The summed E-state index contributed by atoms with van der Waals surface area (Å²) in [5, 5.41) is 4.45. The largest absolute Gasteiger partial charge is 0.309 e. The van der Waals surface area contributed by atoms with Crippen molar-refractivity contribution in [1.29, 1.82) is 0 Å². The Balaban J connectivity index is 2.42. The van der Waals surface area contributed by atoms with Gasteiger partial charge in [0, 0.05) is 24.2 Å². The van der Waals surface area contributed by atoms with E-state index in [0.29, 0.717) is 6.04 Å². The minimum absolute atomic E-state index is 0.428. The van der Waals surface area contributed by atoms with Gasteiger partial charge in [-0.1, -0.05) is 44.5 Å². The maximum atomic E-state index is 5.93. The van der Waals surface area contributed by atoms with Gasteiger partial charge < -0.3 is 10.2 Å². The molecule has 0 heterocycles. The van der Waals surface area contributed by atoms with Crippen molar-refractivity contribution in [3.63, 3.8) is 0 Å². The lowest BCUT2D eigenvalue weighted by atomic mass is 10.0. The van der Waals surface area contributed by atoms with Gasteiger partial charge in [-0.05, 0) is 43.6 Å². The van der Waals surface area contributed by atoms with Crippen molar-refractivity contribution in [1.82, 2.24) is 10.2 Å². The van der Waals surface area contributed by atoms with E-state index in [1.807, 2.05) is 12.1 Å². The first-order valence-electron chi connectivity index (χ1n) is 7.42. The topological polar surface area (TPSA) is 15.3 Å². The van der Waals surface area contributed by atoms with Crippen LogP contribution in [0, 0.1) is 0 Å². The van der Waals surface area contributed by atoms with Crippen LogP contribution in [0.1, 0.15) is 45.2 Å². The van der Waals surface area contributed by atoms with E-state index in [9.17, 15) is 0 Å². The number of likely N-dealkylation sites (N-methyl/N-ethyl adjacent to an activating group) is 1. The minimum atomic E-state index is 0.428. The molecule has 0 fully saturated rings. The molecule has 1 aromatic carbocycles. The number of nitrogens with zero attached hydrogens (tertiary/aromatic N) is 1. The van der Waals surface area contributed by atoms with E-state index in [0.717, 1.165) is 31.1 Å². The van der Waals surface area contributed by atoms with Gasteiger partial charge in [-0.25, -0.2) is 0 Å². The van der Waals surface area contributed by atoms with Crippen LogP contribution < -0.4 is 5.32 Å². The fourth-order valence-corrected chi connectivity index (χ4v) is 2.46. The number of hydrogen-bond donors (Lipinski definition) is 1. The van der Waals surface area contributed by atoms with Gasteiger partial charge in [-0.15, -0.1) is 0 Å². The number of halogens is 1. The molecule has 0 aliphatic rings. The van der Waals surface area contributed by atoms with Crippen molar-refractivity contribution in [3.8, 4) is 0 Å². The lowest BCUT2D eigenvalue weighted by Gasteiger charge is -2.23. The van der Waals surface area contributed by atoms with E-state index < -0.39 is 0 Å². The predicted octanol–water partition coefficient (Wildman–Crippen LogP) is 4.11. The summed E-state index contributed by atoms with van der Waals surface area (Å²) >= 11 is 5.93. The number of hydrogen-bond acceptors (Lipinski definition) is 2. The summed E-state index contributed by atoms with van der Waals surface area (Å²) in [6.45, 7) is 11.2. The van der Waals surface area contributed by atoms with E-state index >= 15 is 0 Å². The highest BCUT2D eigenvalue weighted by molar-refractivity contribution is 6.30. The Labute approximate surface area is 123 Å². The van der Waals surface area contributed by atoms with Crippen molar-refractivity contribution in [2.75, 3.05) is 26.2 Å². The normalized spacial score (nSPS) is 12.9. The summed E-state index contributed by atoms with van der Waals surface area (Å²) in [6, 6.07) is 8.60. The first kappa shape index (κ1) is 16.5. The molecule has 19 heavy (non-hydrogen) atoms. The summed E-state index contributed by atoms with van der Waals surface area (Å²) in [5.74, 6) is 0. The Bertz CT molecular complexity index is 337. The lowest BCUT2D eigenvalue weighted by Crippen LogP contribution is -2.34. The summed E-state index contributed by atoms with van der Waals surface area (Å²) in [5.41, 5.74) is 1.32. The van der Waals surface area contributed by atoms with Gasteiger partial charge in [-0.3, -0.25) is 0 Å². The number of benzene rings is 1. The third-order valence-electron chi connectivity index (χ3n) is 3.49. The van der Waals surface area contributed by atoms with Gasteiger partial charge in [0.1, 0.15) is 0 Å². The Morgan fingerprint density at radius 3 is 2.32 bits per heavy atom. The second kappa shape index (κ2) is 9.35. The maximum absolute atomic E-state index is 5.93. The van der Waals surface area contributed by atoms with Crippen LogP contribution in [-0.2, 0) is 0 Å². The molecule has 0 aromatic heterocycles. The van der Waals surface area contributed by atoms with E-state index in [1.54, 1.807) is 0 Å². The molecule has 0 amide bonds. The molecular formula is C16H27ClN2. The molecule has 0 saturated carbocycles. The quantitative estimate of drug-likeness (QED) is 0.733. The van der Waals surface area contributed by atoms with Crippen molar-refractivity contribution < 1.29 is 0 Å². The molecule has 0 saturated heterocycles. The minimum Gasteiger partial charge on any atom is -0.309 e. The van der Waals surface area contributed by atoms with E-state index in [-0.39, 0.29) is 0 Å². The van der Waals surface area contributed by atoms with Crippen LogP contribution in [0.2, 0.25) is 5.02 Å². The van der Waals surface area contributed by atoms with E-state index in [4.69, 9.17) is 11.6 Å². The van der Waals surface area contributed by atoms with Crippen LogP contribution in [0.15, 0.2) is 24.3 Å². The van der Waals surface area contributed by atoms with Gasteiger partial charge >= 0.3 is 0 Å². The van der Waals surface area contributed by atoms with Gasteiger partial charge in [0.25, 0.3) is 0 Å². The van der Waals surface area contributed by atoms with Crippen LogP contribution in [0.4, 0.5) is 0 Å². The zero-order valence-corrected chi connectivity index (χ0v) is 13.2. The standard InChI is InChI=1S/C16H27ClN2/c1-4-12-19(6-3)13-11-18-16(5-2)14-7-9-15(17)10-8-14/h7-10,16,18H,4-6,11-13H2,1-3H3. The number of nitrogens with one attached hydrogen (secondary N) is 1. The Kier molecular flexibility index (Phi) is 8.11. The van der Waals surface area contributed by atoms with Gasteiger partial charge in [0.15, 0.2) is 0 Å². The third kappa shape index (κ3) is 5.94. The second-order valence-electron chi connectivity index (χ2n) is 4.90. The zero-order valence-electron chi connectivity index (χ0n) is 12.5. The van der Waals surface area contributed by atoms with Crippen LogP contribution in [-0.4, -0.2) is 31.1 Å². The molecular weight excluding hydrogens is 256 g/mol. The van der Waals surface area contributed by atoms with Crippen LogP contribution in [0.3, 0.4) is 0 Å². The van der Waals surface area contributed by atoms with E-state index in [2.05, 4.69) is 43.1 Å². The fraction of sp³-hybridized carbons (Fsp3) is 0.625. The first-order valence-corrected chi connectivity index (χ1v) is 7.80. The molecule has 108 valence electrons. The molecule has 1 unspecified atom stereocenters. The van der Waals surface area contributed by atoms with Crippen LogP contribution in [0.25, 0.3) is 0 Å². The summed E-state index contributed by atoms with van der Waals surface area (Å²) < 4.78 is 0. The molecule has 1 rings (SSSR count). The Morgan fingerprint density at radius 2 is 1.79 bits per heavy atom. The highest BCUT2D eigenvalue weighted by Gasteiger charge is 2.09. The summed E-state index contributed by atoms with van der Waals surface area (Å²) in [6.07, 6.45) is 2.32. The molecule has 1 atom stereocenters. The zero-order chi connectivity index (χ0) is 14.1. The smallest absolute Gasteiger partial charge is 0.0406 e. The molecule has 0 spiro atoms. The van der Waals surface area contributed by atoms with Gasteiger partial charge in [-0.2, -0.15) is 0 Å². The molecule has 0 bridgehead atoms. The predicted molar refractivity (Wildman–Crippen MR) is 84.9 cm³/mol. The molecule has 2 nitrogen and oxygen atoms in total. The fourth-order valence-electron chi connectivity index (χ4n) is 2.33. The highest BCUT2D eigenvalue weighted by Crippen LogP contribution is 2.18. The average molecular weight is 283 g/mol. The maximum Gasteiger partial charge on any atom is 0.0406 e. The highest BCUT2D eigenvalue weighted by atomic mass is 35.5. The Morgan fingerprint density at radius 1 is 1.11 bits per heavy atom. The second-order valence-corrected chi connectivity index (χ2v) is 5.34. The lowest BCUT2D eigenvalue weighted by molar-refractivity contribution is 0.282. The first-order chi connectivity index (χ1) is 9.21. The Hall–Kier alpha value is -0.570. The molecule has 1 N–H and O–H groups in total. The van der Waals surface area contributed by atoms with E-state index in [1.165, 1.54) is 18.5 Å². The van der Waals surface area contributed by atoms with Crippen molar-refractivity contribution in [3.05, 3.63) is 34.9 Å². The SMILES string of the molecule is CCCN(CC)CCNC(CC)c1ccc(Cl)cc1.